The highest BCUT2D eigenvalue weighted by Crippen LogP contribution is 2.21. The van der Waals surface area contributed by atoms with Gasteiger partial charge in [-0.3, -0.25) is 0 Å². The Morgan fingerprint density at radius 2 is 1.76 bits per heavy atom. The largest absolute Gasteiger partial charge is 0.477 e. The molecule has 1 aromatic heterocycles. The van der Waals surface area contributed by atoms with Crippen LogP contribution in [0.2, 0.25) is 0 Å². The van der Waals surface area contributed by atoms with Gasteiger partial charge in [0.15, 0.2) is 0 Å². The Morgan fingerprint density at radius 1 is 1.20 bits per heavy atom. The molecule has 0 saturated carbocycles. The normalized spacial score (nSPS) is 16.7. The maximum atomic E-state index is 12.6. The molecule has 140 valence electrons. The molecule has 1 amide bonds. The van der Waals surface area contributed by atoms with Crippen molar-refractivity contribution in [2.45, 2.75) is 38.3 Å². The summed E-state index contributed by atoms with van der Waals surface area (Å²) in [6.45, 7) is 7.46. The van der Waals surface area contributed by atoms with Gasteiger partial charge in [-0.15, -0.1) is 0 Å². The van der Waals surface area contributed by atoms with E-state index in [2.05, 4.69) is 4.98 Å². The van der Waals surface area contributed by atoms with Crippen molar-refractivity contribution in [1.82, 2.24) is 14.2 Å². The van der Waals surface area contributed by atoms with E-state index in [-0.39, 0.29) is 36.9 Å². The summed E-state index contributed by atoms with van der Waals surface area (Å²) in [6.07, 6.45) is -0.478. The number of hydrogen-bond donors (Lipinski definition) is 2. The summed E-state index contributed by atoms with van der Waals surface area (Å²) in [5, 5.41) is 8.89. The van der Waals surface area contributed by atoms with Crippen LogP contribution in [0.15, 0.2) is 11.1 Å². The SMILES string of the molecule is Cc1cc(S(=O)(=O)N2CCN(C(=O)OC(C)(C)C)CC2)[nH]c1C(=O)O. The van der Waals surface area contributed by atoms with Crippen molar-refractivity contribution in [3.63, 3.8) is 0 Å². The lowest BCUT2D eigenvalue weighted by atomic mass is 10.2. The Labute approximate surface area is 146 Å². The summed E-state index contributed by atoms with van der Waals surface area (Å²) in [5.74, 6) is -1.21. The number of rotatable bonds is 3. The van der Waals surface area contributed by atoms with Crippen molar-refractivity contribution in [2.24, 2.45) is 0 Å². The van der Waals surface area contributed by atoms with Gasteiger partial charge in [0.25, 0.3) is 10.0 Å². The monoisotopic (exact) mass is 373 g/mol. The van der Waals surface area contributed by atoms with E-state index < -0.39 is 27.7 Å². The highest BCUT2D eigenvalue weighted by atomic mass is 32.2. The highest BCUT2D eigenvalue weighted by Gasteiger charge is 2.33. The number of carbonyl (C=O) groups is 2. The van der Waals surface area contributed by atoms with Crippen LogP contribution < -0.4 is 0 Å². The number of amides is 1. The van der Waals surface area contributed by atoms with Gasteiger partial charge < -0.3 is 19.7 Å². The van der Waals surface area contributed by atoms with Crippen LogP contribution in [0.5, 0.6) is 0 Å². The lowest BCUT2D eigenvalue weighted by molar-refractivity contribution is 0.0192. The number of H-pyrrole nitrogens is 1. The molecule has 2 rings (SSSR count). The Morgan fingerprint density at radius 3 is 2.20 bits per heavy atom. The number of carbonyl (C=O) groups excluding carboxylic acids is 1. The molecule has 1 aliphatic heterocycles. The quantitative estimate of drug-likeness (QED) is 0.823. The second-order valence-electron chi connectivity index (χ2n) is 6.87. The molecule has 0 atom stereocenters. The van der Waals surface area contributed by atoms with Gasteiger partial charge in [-0.05, 0) is 39.3 Å². The molecule has 1 saturated heterocycles. The van der Waals surface area contributed by atoms with Crippen molar-refractivity contribution in [3.8, 4) is 0 Å². The van der Waals surface area contributed by atoms with Gasteiger partial charge in [0.2, 0.25) is 0 Å². The predicted octanol–water partition coefficient (Wildman–Crippen LogP) is 1.26. The molecule has 0 radical (unpaired) electrons. The fourth-order valence-corrected chi connectivity index (χ4v) is 3.94. The first-order chi connectivity index (χ1) is 11.4. The average molecular weight is 373 g/mol. The summed E-state index contributed by atoms with van der Waals surface area (Å²) in [6, 6.07) is 1.30. The first-order valence-electron chi connectivity index (χ1n) is 7.83. The summed E-state index contributed by atoms with van der Waals surface area (Å²) < 4.78 is 31.8. The van der Waals surface area contributed by atoms with Crippen LogP contribution in [0.3, 0.4) is 0 Å². The summed E-state index contributed by atoms with van der Waals surface area (Å²) >= 11 is 0. The molecule has 9 nitrogen and oxygen atoms in total. The van der Waals surface area contributed by atoms with Gasteiger partial charge >= 0.3 is 12.1 Å². The standard InChI is InChI=1S/C15H23N3O6S/c1-10-9-11(16-12(10)13(19)20)25(22,23)18-7-5-17(6-8-18)14(21)24-15(2,3)4/h9,16H,5-8H2,1-4H3,(H,19,20). The van der Waals surface area contributed by atoms with Crippen LogP contribution in [0.4, 0.5) is 4.79 Å². The second-order valence-corrected chi connectivity index (χ2v) is 8.77. The van der Waals surface area contributed by atoms with E-state index >= 15 is 0 Å². The van der Waals surface area contributed by atoms with E-state index in [0.29, 0.717) is 5.56 Å². The first-order valence-corrected chi connectivity index (χ1v) is 9.27. The van der Waals surface area contributed by atoms with E-state index in [0.717, 1.165) is 0 Å². The smallest absolute Gasteiger partial charge is 0.410 e. The number of aryl methyl sites for hydroxylation is 1. The molecule has 2 heterocycles. The first kappa shape index (κ1) is 19.3. The number of hydrogen-bond acceptors (Lipinski definition) is 5. The zero-order valence-electron chi connectivity index (χ0n) is 14.7. The Kier molecular flexibility index (Phi) is 5.14. The van der Waals surface area contributed by atoms with Crippen molar-refractivity contribution in [2.75, 3.05) is 26.2 Å². The minimum atomic E-state index is -3.85. The number of aromatic nitrogens is 1. The number of aromatic amines is 1. The minimum absolute atomic E-state index is 0.113. The molecule has 0 bridgehead atoms. The molecule has 0 spiro atoms. The number of aromatic carboxylic acids is 1. The van der Waals surface area contributed by atoms with Gasteiger partial charge in [0.05, 0.1) is 0 Å². The molecular weight excluding hydrogens is 350 g/mol. The molecule has 10 heteroatoms. The van der Waals surface area contributed by atoms with E-state index in [1.807, 2.05) is 0 Å². The number of nitrogens with zero attached hydrogens (tertiary/aromatic N) is 2. The van der Waals surface area contributed by atoms with Crippen molar-refractivity contribution < 1.29 is 27.9 Å². The molecule has 25 heavy (non-hydrogen) atoms. The molecule has 0 aromatic carbocycles. The van der Waals surface area contributed by atoms with Gasteiger partial charge in [-0.1, -0.05) is 0 Å². The second kappa shape index (κ2) is 6.68. The fraction of sp³-hybridized carbons (Fsp3) is 0.600. The number of carboxylic acids is 1. The Bertz CT molecular complexity index is 770. The molecule has 2 N–H and O–H groups in total. The number of nitrogens with one attached hydrogen (secondary N) is 1. The summed E-state index contributed by atoms with van der Waals surface area (Å²) in [5.41, 5.74) is -0.417. The topological polar surface area (TPSA) is 120 Å². The molecule has 0 unspecified atom stereocenters. The molecular formula is C15H23N3O6S. The van der Waals surface area contributed by atoms with E-state index in [9.17, 15) is 18.0 Å². The maximum Gasteiger partial charge on any atom is 0.410 e. The van der Waals surface area contributed by atoms with Gasteiger partial charge in [0.1, 0.15) is 16.3 Å². The third kappa shape index (κ3) is 4.31. The Hall–Kier alpha value is -2.07. The number of carboxylic acid groups (broad SMARTS) is 1. The summed E-state index contributed by atoms with van der Waals surface area (Å²) in [4.78, 5) is 27.0. The van der Waals surface area contributed by atoms with Crippen LogP contribution in [0.25, 0.3) is 0 Å². The Balaban J connectivity index is 2.08. The zero-order valence-corrected chi connectivity index (χ0v) is 15.5. The van der Waals surface area contributed by atoms with E-state index in [1.54, 1.807) is 20.8 Å². The van der Waals surface area contributed by atoms with Crippen molar-refractivity contribution in [1.29, 1.82) is 0 Å². The lowest BCUT2D eigenvalue weighted by Crippen LogP contribution is -2.51. The minimum Gasteiger partial charge on any atom is -0.477 e. The third-order valence-electron chi connectivity index (χ3n) is 3.71. The predicted molar refractivity (Wildman–Crippen MR) is 89.1 cm³/mol. The van der Waals surface area contributed by atoms with Gasteiger partial charge in [0, 0.05) is 26.2 Å². The van der Waals surface area contributed by atoms with Crippen LogP contribution in [0.1, 0.15) is 36.8 Å². The summed E-state index contributed by atoms with van der Waals surface area (Å²) in [7, 11) is -3.85. The molecule has 0 aliphatic carbocycles. The van der Waals surface area contributed by atoms with E-state index in [1.165, 1.54) is 22.2 Å². The molecule has 1 fully saturated rings. The number of piperazine rings is 1. The molecule has 1 aromatic rings. The number of sulfonamides is 1. The van der Waals surface area contributed by atoms with Crippen LogP contribution in [0, 0.1) is 6.92 Å². The lowest BCUT2D eigenvalue weighted by Gasteiger charge is -2.34. The fourth-order valence-electron chi connectivity index (χ4n) is 2.46. The van der Waals surface area contributed by atoms with Crippen LogP contribution in [-0.4, -0.2) is 71.6 Å². The van der Waals surface area contributed by atoms with Crippen molar-refractivity contribution >= 4 is 22.1 Å². The zero-order chi connectivity index (χ0) is 19.0. The van der Waals surface area contributed by atoms with E-state index in [4.69, 9.17) is 9.84 Å². The van der Waals surface area contributed by atoms with Gasteiger partial charge in [-0.2, -0.15) is 4.31 Å². The highest BCUT2D eigenvalue weighted by molar-refractivity contribution is 7.89. The van der Waals surface area contributed by atoms with Crippen LogP contribution >= 0.6 is 0 Å². The van der Waals surface area contributed by atoms with Crippen LogP contribution in [-0.2, 0) is 14.8 Å². The average Bonchev–Trinajstić information content (AvgIpc) is 2.88. The van der Waals surface area contributed by atoms with Crippen molar-refractivity contribution in [3.05, 3.63) is 17.3 Å². The number of ether oxygens (including phenoxy) is 1. The molecule has 1 aliphatic rings. The third-order valence-corrected chi connectivity index (χ3v) is 5.53. The van der Waals surface area contributed by atoms with Gasteiger partial charge in [-0.25, -0.2) is 18.0 Å². The maximum absolute atomic E-state index is 12.6.